The SMILES string of the molecule is CCNC(=O)NC(=O)CSc1nccc(=O)[nH]1. The van der Waals surface area contributed by atoms with Gasteiger partial charge in [-0.2, -0.15) is 0 Å². The maximum Gasteiger partial charge on any atom is 0.321 e. The third-order valence-electron chi connectivity index (χ3n) is 1.58. The van der Waals surface area contributed by atoms with Crippen LogP contribution in [0.1, 0.15) is 6.92 Å². The molecule has 17 heavy (non-hydrogen) atoms. The van der Waals surface area contributed by atoms with Crippen molar-refractivity contribution >= 4 is 23.7 Å². The normalized spacial score (nSPS) is 9.71. The van der Waals surface area contributed by atoms with Crippen LogP contribution in [0.25, 0.3) is 0 Å². The zero-order valence-corrected chi connectivity index (χ0v) is 9.97. The lowest BCUT2D eigenvalue weighted by atomic mass is 10.6. The van der Waals surface area contributed by atoms with Gasteiger partial charge in [0.05, 0.1) is 5.75 Å². The second-order valence-corrected chi connectivity index (χ2v) is 3.90. The van der Waals surface area contributed by atoms with E-state index in [9.17, 15) is 14.4 Å². The van der Waals surface area contributed by atoms with E-state index in [1.54, 1.807) is 6.92 Å². The number of carbonyl (C=O) groups is 2. The first-order valence-corrected chi connectivity index (χ1v) is 5.86. The lowest BCUT2D eigenvalue weighted by molar-refractivity contribution is -0.117. The smallest absolute Gasteiger partial charge is 0.321 e. The number of H-pyrrole nitrogens is 1. The highest BCUT2D eigenvalue weighted by atomic mass is 32.2. The second kappa shape index (κ2) is 6.69. The van der Waals surface area contributed by atoms with E-state index in [1.165, 1.54) is 12.3 Å². The zero-order valence-electron chi connectivity index (χ0n) is 9.15. The first-order valence-electron chi connectivity index (χ1n) is 4.87. The van der Waals surface area contributed by atoms with E-state index in [0.717, 1.165) is 11.8 Å². The molecular weight excluding hydrogens is 244 g/mol. The van der Waals surface area contributed by atoms with E-state index < -0.39 is 11.9 Å². The number of aromatic amines is 1. The second-order valence-electron chi connectivity index (χ2n) is 2.94. The average Bonchev–Trinajstić information content (AvgIpc) is 2.27. The molecule has 0 aliphatic rings. The number of urea groups is 1. The van der Waals surface area contributed by atoms with Crippen molar-refractivity contribution in [1.29, 1.82) is 0 Å². The predicted molar refractivity (Wildman–Crippen MR) is 62.8 cm³/mol. The van der Waals surface area contributed by atoms with Crippen molar-refractivity contribution in [2.75, 3.05) is 12.3 Å². The molecule has 0 bridgehead atoms. The Morgan fingerprint density at radius 2 is 2.29 bits per heavy atom. The number of imide groups is 1. The molecule has 0 aromatic carbocycles. The predicted octanol–water partition coefficient (Wildman–Crippen LogP) is -0.292. The molecule has 7 nitrogen and oxygen atoms in total. The lowest BCUT2D eigenvalue weighted by Crippen LogP contribution is -2.40. The molecule has 0 spiro atoms. The lowest BCUT2D eigenvalue weighted by Gasteiger charge is -2.03. The molecule has 0 aliphatic carbocycles. The molecule has 1 aromatic rings. The first kappa shape index (κ1) is 13.2. The Hall–Kier alpha value is -1.83. The van der Waals surface area contributed by atoms with Gasteiger partial charge in [0.15, 0.2) is 5.16 Å². The summed E-state index contributed by atoms with van der Waals surface area (Å²) in [5.74, 6) is -0.447. The fourth-order valence-electron chi connectivity index (χ4n) is 0.927. The van der Waals surface area contributed by atoms with Crippen molar-refractivity contribution in [3.63, 3.8) is 0 Å². The minimum atomic E-state index is -0.535. The Bertz CT molecular complexity index is 460. The van der Waals surface area contributed by atoms with Gasteiger partial charge in [-0.1, -0.05) is 11.8 Å². The van der Waals surface area contributed by atoms with Crippen molar-refractivity contribution in [2.45, 2.75) is 12.1 Å². The number of rotatable bonds is 4. The largest absolute Gasteiger partial charge is 0.338 e. The van der Waals surface area contributed by atoms with Gasteiger partial charge in [0.2, 0.25) is 5.91 Å². The number of nitrogens with one attached hydrogen (secondary N) is 3. The van der Waals surface area contributed by atoms with Crippen LogP contribution in [0.4, 0.5) is 4.79 Å². The third kappa shape index (κ3) is 5.16. The van der Waals surface area contributed by atoms with E-state index in [1.807, 2.05) is 0 Å². The van der Waals surface area contributed by atoms with Crippen LogP contribution in [0, 0.1) is 0 Å². The molecule has 92 valence electrons. The Balaban J connectivity index is 2.38. The zero-order chi connectivity index (χ0) is 12.7. The molecular formula is C9H12N4O3S. The van der Waals surface area contributed by atoms with Crippen LogP contribution >= 0.6 is 11.8 Å². The van der Waals surface area contributed by atoms with Crippen molar-refractivity contribution in [1.82, 2.24) is 20.6 Å². The summed E-state index contributed by atoms with van der Waals surface area (Å²) in [6.07, 6.45) is 1.35. The fraction of sp³-hybridized carbons (Fsp3) is 0.333. The van der Waals surface area contributed by atoms with Gasteiger partial charge < -0.3 is 10.3 Å². The molecule has 3 amide bonds. The van der Waals surface area contributed by atoms with Gasteiger partial charge >= 0.3 is 6.03 Å². The van der Waals surface area contributed by atoms with E-state index in [4.69, 9.17) is 0 Å². The number of hydrogen-bond acceptors (Lipinski definition) is 5. The Labute approximate surface area is 101 Å². The quantitative estimate of drug-likeness (QED) is 0.507. The number of carbonyl (C=O) groups excluding carboxylic acids is 2. The summed E-state index contributed by atoms with van der Waals surface area (Å²) in [6, 6.07) is 0.742. The first-order chi connectivity index (χ1) is 8.11. The van der Waals surface area contributed by atoms with Gasteiger partial charge in [-0.3, -0.25) is 14.9 Å². The van der Waals surface area contributed by atoms with Gasteiger partial charge in [0.1, 0.15) is 0 Å². The molecule has 0 radical (unpaired) electrons. The molecule has 3 N–H and O–H groups in total. The molecule has 1 rings (SSSR count). The number of hydrogen-bond donors (Lipinski definition) is 3. The maximum atomic E-state index is 11.3. The van der Waals surface area contributed by atoms with E-state index in [0.29, 0.717) is 11.7 Å². The van der Waals surface area contributed by atoms with Gasteiger partial charge in [-0.15, -0.1) is 0 Å². The maximum absolute atomic E-state index is 11.3. The summed E-state index contributed by atoms with van der Waals surface area (Å²) >= 11 is 1.04. The number of amides is 3. The van der Waals surface area contributed by atoms with Crippen LogP contribution in [-0.2, 0) is 4.79 Å². The van der Waals surface area contributed by atoms with Crippen molar-refractivity contribution in [3.05, 3.63) is 22.6 Å². The molecule has 0 aliphatic heterocycles. The fourth-order valence-corrected chi connectivity index (χ4v) is 1.57. The summed E-state index contributed by atoms with van der Waals surface area (Å²) < 4.78 is 0. The highest BCUT2D eigenvalue weighted by Gasteiger charge is 2.07. The van der Waals surface area contributed by atoms with Crippen LogP contribution in [0.3, 0.4) is 0 Å². The molecule has 1 heterocycles. The Kier molecular flexibility index (Phi) is 5.21. The van der Waals surface area contributed by atoms with Crippen LogP contribution in [0.2, 0.25) is 0 Å². The summed E-state index contributed by atoms with van der Waals surface area (Å²) in [6.45, 7) is 2.19. The summed E-state index contributed by atoms with van der Waals surface area (Å²) in [7, 11) is 0. The molecule has 8 heteroatoms. The minimum Gasteiger partial charge on any atom is -0.338 e. The van der Waals surface area contributed by atoms with Crippen molar-refractivity contribution in [2.24, 2.45) is 0 Å². The third-order valence-corrected chi connectivity index (χ3v) is 2.47. The van der Waals surface area contributed by atoms with Crippen LogP contribution < -0.4 is 16.2 Å². The highest BCUT2D eigenvalue weighted by Crippen LogP contribution is 2.08. The van der Waals surface area contributed by atoms with Crippen molar-refractivity contribution in [3.8, 4) is 0 Å². The van der Waals surface area contributed by atoms with E-state index >= 15 is 0 Å². The molecule has 0 saturated heterocycles. The summed E-state index contributed by atoms with van der Waals surface area (Å²) in [5, 5.41) is 4.90. The molecule has 0 unspecified atom stereocenters. The monoisotopic (exact) mass is 256 g/mol. The topological polar surface area (TPSA) is 104 Å². The Morgan fingerprint density at radius 3 is 2.94 bits per heavy atom. The molecule has 0 atom stereocenters. The van der Waals surface area contributed by atoms with Crippen molar-refractivity contribution < 1.29 is 9.59 Å². The van der Waals surface area contributed by atoms with Crippen LogP contribution in [0.15, 0.2) is 22.2 Å². The van der Waals surface area contributed by atoms with Gasteiger partial charge in [-0.05, 0) is 6.92 Å². The molecule has 0 fully saturated rings. The van der Waals surface area contributed by atoms with Gasteiger partial charge in [-0.25, -0.2) is 9.78 Å². The van der Waals surface area contributed by atoms with Gasteiger partial charge in [0, 0.05) is 18.8 Å². The summed E-state index contributed by atoms with van der Waals surface area (Å²) in [5.41, 5.74) is -0.286. The minimum absolute atomic E-state index is 0.00406. The van der Waals surface area contributed by atoms with E-state index in [2.05, 4.69) is 20.6 Å². The highest BCUT2D eigenvalue weighted by molar-refractivity contribution is 7.99. The molecule has 1 aromatic heterocycles. The van der Waals surface area contributed by atoms with Gasteiger partial charge in [0.25, 0.3) is 5.56 Å². The number of thioether (sulfide) groups is 1. The number of aromatic nitrogens is 2. The van der Waals surface area contributed by atoms with Crippen LogP contribution in [-0.4, -0.2) is 34.2 Å². The number of nitrogens with zero attached hydrogens (tertiary/aromatic N) is 1. The van der Waals surface area contributed by atoms with Crippen LogP contribution in [0.5, 0.6) is 0 Å². The van der Waals surface area contributed by atoms with E-state index in [-0.39, 0.29) is 11.3 Å². The average molecular weight is 256 g/mol. The summed E-state index contributed by atoms with van der Waals surface area (Å²) in [4.78, 5) is 39.5. The Morgan fingerprint density at radius 1 is 1.53 bits per heavy atom. The standard InChI is InChI=1S/C9H12N4O3S/c1-2-10-8(16)12-7(15)5-17-9-11-4-3-6(14)13-9/h3-4H,2,5H2,1H3,(H,11,13,14)(H2,10,12,15,16). The molecule has 0 saturated carbocycles.